The van der Waals surface area contributed by atoms with Crippen molar-refractivity contribution in [2.24, 2.45) is 0 Å². The predicted molar refractivity (Wildman–Crippen MR) is 78.0 cm³/mol. The third kappa shape index (κ3) is 2.62. The molecule has 3 rings (SSSR count). The van der Waals surface area contributed by atoms with E-state index in [9.17, 15) is 4.79 Å². The molecule has 0 radical (unpaired) electrons. The molecule has 0 spiro atoms. The number of urea groups is 1. The van der Waals surface area contributed by atoms with Gasteiger partial charge in [0, 0.05) is 37.2 Å². The van der Waals surface area contributed by atoms with Gasteiger partial charge in [-0.25, -0.2) is 4.79 Å². The van der Waals surface area contributed by atoms with Crippen LogP contribution in [0.15, 0.2) is 22.7 Å². The Labute approximate surface area is 121 Å². The van der Waals surface area contributed by atoms with Gasteiger partial charge in [0.1, 0.15) is 0 Å². The lowest BCUT2D eigenvalue weighted by atomic mass is 10.1. The van der Waals surface area contributed by atoms with Crippen LogP contribution in [0.4, 0.5) is 4.79 Å². The van der Waals surface area contributed by atoms with Crippen molar-refractivity contribution >= 4 is 22.0 Å². The third-order valence-corrected chi connectivity index (χ3v) is 4.51. The van der Waals surface area contributed by atoms with E-state index in [0.717, 1.165) is 37.2 Å². The van der Waals surface area contributed by atoms with E-state index < -0.39 is 0 Å². The van der Waals surface area contributed by atoms with E-state index in [0.29, 0.717) is 6.04 Å². The Morgan fingerprint density at radius 1 is 1.42 bits per heavy atom. The van der Waals surface area contributed by atoms with Crippen molar-refractivity contribution in [1.82, 2.24) is 15.1 Å². The molecule has 1 N–H and O–H groups in total. The summed E-state index contributed by atoms with van der Waals surface area (Å²) < 4.78 is 1.13. The summed E-state index contributed by atoms with van der Waals surface area (Å²) in [6.07, 6.45) is 0. The van der Waals surface area contributed by atoms with Crippen LogP contribution in [-0.4, -0.2) is 48.1 Å². The van der Waals surface area contributed by atoms with Gasteiger partial charge in [-0.2, -0.15) is 0 Å². The van der Waals surface area contributed by atoms with Crippen LogP contribution in [0.25, 0.3) is 0 Å². The van der Waals surface area contributed by atoms with Crippen molar-refractivity contribution < 1.29 is 4.79 Å². The number of halogens is 1. The first-order chi connectivity index (χ1) is 9.13. The van der Waals surface area contributed by atoms with E-state index in [1.165, 1.54) is 11.1 Å². The summed E-state index contributed by atoms with van der Waals surface area (Å²) in [5, 5.41) is 2.92. The maximum atomic E-state index is 11.6. The molecule has 0 aromatic heterocycles. The van der Waals surface area contributed by atoms with E-state index in [1.807, 2.05) is 4.90 Å². The number of carbonyl (C=O) groups is 1. The zero-order valence-electron chi connectivity index (χ0n) is 11.0. The lowest BCUT2D eigenvalue weighted by Crippen LogP contribution is -2.51. The molecule has 1 aromatic carbocycles. The summed E-state index contributed by atoms with van der Waals surface area (Å²) >= 11 is 3.50. The summed E-state index contributed by atoms with van der Waals surface area (Å²) in [7, 11) is 0. The molecule has 5 heteroatoms. The highest BCUT2D eigenvalue weighted by Gasteiger charge is 2.35. The number of fused-ring (bicyclic) bond motifs is 1. The van der Waals surface area contributed by atoms with Gasteiger partial charge in [-0.05, 0) is 30.2 Å². The van der Waals surface area contributed by atoms with Crippen molar-refractivity contribution in [2.75, 3.05) is 26.2 Å². The van der Waals surface area contributed by atoms with Crippen molar-refractivity contribution in [3.05, 3.63) is 33.8 Å². The average molecular weight is 324 g/mol. The minimum absolute atomic E-state index is 0.101. The molecule has 0 bridgehead atoms. The second-order valence-electron chi connectivity index (χ2n) is 5.34. The molecule has 0 saturated carbocycles. The molecular weight excluding hydrogens is 306 g/mol. The molecule has 2 saturated heterocycles. The van der Waals surface area contributed by atoms with Crippen molar-refractivity contribution in [3.8, 4) is 0 Å². The Morgan fingerprint density at radius 3 is 3.05 bits per heavy atom. The second kappa shape index (κ2) is 5.13. The van der Waals surface area contributed by atoms with Crippen molar-refractivity contribution in [3.63, 3.8) is 0 Å². The highest BCUT2D eigenvalue weighted by Crippen LogP contribution is 2.20. The van der Waals surface area contributed by atoms with Gasteiger partial charge in [0.15, 0.2) is 0 Å². The number of amides is 2. The highest BCUT2D eigenvalue weighted by atomic mass is 79.9. The highest BCUT2D eigenvalue weighted by molar-refractivity contribution is 9.10. The summed E-state index contributed by atoms with van der Waals surface area (Å²) in [4.78, 5) is 16.0. The van der Waals surface area contributed by atoms with Crippen LogP contribution in [0.2, 0.25) is 0 Å². The quantitative estimate of drug-likeness (QED) is 0.903. The Hall–Kier alpha value is -1.07. The first kappa shape index (κ1) is 12.9. The van der Waals surface area contributed by atoms with Crippen molar-refractivity contribution in [1.29, 1.82) is 0 Å². The molecule has 1 aromatic rings. The lowest BCUT2D eigenvalue weighted by molar-refractivity contribution is 0.116. The molecule has 2 heterocycles. The standard InChI is InChI=1S/C14H18BrN3O/c1-10-6-12(15)3-2-11(10)8-17-4-5-18-13(9-17)7-16-14(18)19/h2-3,6,13H,4-5,7-9H2,1H3,(H,16,19)/t13-/m0/s1. The second-order valence-corrected chi connectivity index (χ2v) is 6.25. The van der Waals surface area contributed by atoms with Gasteiger partial charge in [0.2, 0.25) is 0 Å². The molecule has 0 unspecified atom stereocenters. The SMILES string of the molecule is Cc1cc(Br)ccc1CN1CCN2C(=O)NC[C@H]2C1. The third-order valence-electron chi connectivity index (χ3n) is 4.02. The van der Waals surface area contributed by atoms with Gasteiger partial charge >= 0.3 is 6.03 Å². The zero-order chi connectivity index (χ0) is 13.4. The summed E-state index contributed by atoms with van der Waals surface area (Å²) in [6.45, 7) is 6.67. The number of nitrogens with one attached hydrogen (secondary N) is 1. The van der Waals surface area contributed by atoms with Gasteiger partial charge in [0.25, 0.3) is 0 Å². The molecule has 102 valence electrons. The van der Waals surface area contributed by atoms with Crippen molar-refractivity contribution in [2.45, 2.75) is 19.5 Å². The average Bonchev–Trinajstić information content (AvgIpc) is 2.74. The molecule has 2 amide bonds. The van der Waals surface area contributed by atoms with Gasteiger partial charge in [-0.3, -0.25) is 4.90 Å². The van der Waals surface area contributed by atoms with E-state index >= 15 is 0 Å². The Bertz CT molecular complexity index is 505. The first-order valence-corrected chi connectivity index (χ1v) is 7.44. The molecule has 4 nitrogen and oxygen atoms in total. The zero-order valence-corrected chi connectivity index (χ0v) is 12.6. The molecule has 2 fully saturated rings. The number of rotatable bonds is 2. The maximum Gasteiger partial charge on any atom is 0.317 e. The number of benzene rings is 1. The lowest BCUT2D eigenvalue weighted by Gasteiger charge is -2.36. The van der Waals surface area contributed by atoms with Gasteiger partial charge in [-0.1, -0.05) is 22.0 Å². The number of aryl methyl sites for hydroxylation is 1. The number of carbonyl (C=O) groups excluding carboxylic acids is 1. The van der Waals surface area contributed by atoms with Crippen LogP contribution < -0.4 is 5.32 Å². The monoisotopic (exact) mass is 323 g/mol. The predicted octanol–water partition coefficient (Wildman–Crippen LogP) is 1.97. The summed E-state index contributed by atoms with van der Waals surface area (Å²) in [6, 6.07) is 6.89. The van der Waals surface area contributed by atoms with Crippen LogP contribution >= 0.6 is 15.9 Å². The molecular formula is C14H18BrN3O. The fraction of sp³-hybridized carbons (Fsp3) is 0.500. The fourth-order valence-electron chi connectivity index (χ4n) is 2.89. The van der Waals surface area contributed by atoms with Crippen LogP contribution in [0.3, 0.4) is 0 Å². The van der Waals surface area contributed by atoms with E-state index in [-0.39, 0.29) is 6.03 Å². The number of piperazine rings is 1. The topological polar surface area (TPSA) is 35.6 Å². The minimum Gasteiger partial charge on any atom is -0.336 e. The van der Waals surface area contributed by atoms with Gasteiger partial charge < -0.3 is 10.2 Å². The normalized spacial score (nSPS) is 23.4. The Balaban J connectivity index is 1.66. The van der Waals surface area contributed by atoms with Crippen LogP contribution in [0.5, 0.6) is 0 Å². The van der Waals surface area contributed by atoms with Crippen LogP contribution in [-0.2, 0) is 6.54 Å². The van der Waals surface area contributed by atoms with E-state index in [1.54, 1.807) is 0 Å². The van der Waals surface area contributed by atoms with Gasteiger partial charge in [0.05, 0.1) is 6.04 Å². The number of hydrogen-bond donors (Lipinski definition) is 1. The fourth-order valence-corrected chi connectivity index (χ4v) is 3.37. The number of hydrogen-bond acceptors (Lipinski definition) is 2. The summed E-state index contributed by atoms with van der Waals surface area (Å²) in [5.74, 6) is 0. The molecule has 2 aliphatic heterocycles. The van der Waals surface area contributed by atoms with E-state index in [4.69, 9.17) is 0 Å². The molecule has 2 aliphatic rings. The molecule has 1 atom stereocenters. The van der Waals surface area contributed by atoms with E-state index in [2.05, 4.69) is 51.3 Å². The van der Waals surface area contributed by atoms with Crippen LogP contribution in [0, 0.1) is 6.92 Å². The Kier molecular flexibility index (Phi) is 3.50. The first-order valence-electron chi connectivity index (χ1n) is 6.65. The van der Waals surface area contributed by atoms with Crippen LogP contribution in [0.1, 0.15) is 11.1 Å². The summed E-state index contributed by atoms with van der Waals surface area (Å²) in [5.41, 5.74) is 2.69. The smallest absolute Gasteiger partial charge is 0.317 e. The van der Waals surface area contributed by atoms with Gasteiger partial charge in [-0.15, -0.1) is 0 Å². The Morgan fingerprint density at radius 2 is 2.26 bits per heavy atom. The largest absolute Gasteiger partial charge is 0.336 e. The minimum atomic E-state index is 0.101. The molecule has 19 heavy (non-hydrogen) atoms. The number of nitrogens with zero attached hydrogens (tertiary/aromatic N) is 2. The maximum absolute atomic E-state index is 11.6. The molecule has 0 aliphatic carbocycles.